The Kier molecular flexibility index (Phi) is 19.8. The number of nitrogens with zero attached hydrogens (tertiary/aromatic N) is 2. The SMILES string of the molecule is C#C.CCCCCCCC(=O)Oc1c(C)c2c(c3c1C1SC[C@]4(NCCc5cc(OC(=O)OC(C)(C)C)c(OC)cc54)C(=O)OCC3N3CCc4cc(C)c(OC)c(OC(=O)CCCCCCC)c4C(N(C)C)C13)OCO2. The predicted molar refractivity (Wildman–Crippen MR) is 296 cm³/mol. The van der Waals surface area contributed by atoms with Crippen molar-refractivity contribution in [2.45, 2.75) is 173 Å². The minimum atomic E-state index is -1.42. The maximum atomic E-state index is 15.3. The van der Waals surface area contributed by atoms with Gasteiger partial charge in [0.1, 0.15) is 18.0 Å². The normalized spacial score (nSPS) is 21.2. The molecular weight excluding hydrogens is 1000 g/mol. The largest absolute Gasteiger partial charge is 0.514 e. The third-order valence-corrected chi connectivity index (χ3v) is 16.7. The molecule has 4 unspecified atom stereocenters. The van der Waals surface area contributed by atoms with Gasteiger partial charge in [0, 0.05) is 60.0 Å². The number of carbonyl (C=O) groups excluding carboxylic acids is 4. The number of hydrogen-bond acceptors (Lipinski definition) is 17. The van der Waals surface area contributed by atoms with Crippen LogP contribution in [0.15, 0.2) is 18.2 Å². The van der Waals surface area contributed by atoms with E-state index in [1.165, 1.54) is 7.11 Å². The summed E-state index contributed by atoms with van der Waals surface area (Å²) in [5, 5.41) is 3.09. The second-order valence-electron chi connectivity index (χ2n) is 21.8. The molecular formula is C60H81N3O13S. The molecule has 6 aliphatic rings. The molecule has 2 bridgehead atoms. The molecule has 77 heavy (non-hydrogen) atoms. The molecule has 1 N–H and O–H groups in total. The minimum absolute atomic E-state index is 0.0331. The van der Waals surface area contributed by atoms with E-state index in [4.69, 9.17) is 42.6 Å². The molecule has 1 saturated heterocycles. The molecule has 17 heteroatoms. The lowest BCUT2D eigenvalue weighted by Gasteiger charge is -2.52. The molecule has 6 aliphatic heterocycles. The van der Waals surface area contributed by atoms with Crippen molar-refractivity contribution in [3.05, 3.63) is 62.7 Å². The average molecular weight is 1080 g/mol. The Hall–Kier alpha value is -5.67. The van der Waals surface area contributed by atoms with Crippen LogP contribution in [0, 0.1) is 26.7 Å². The molecule has 0 amide bonds. The van der Waals surface area contributed by atoms with E-state index in [1.807, 2.05) is 27.9 Å². The van der Waals surface area contributed by atoms with Gasteiger partial charge in [-0.1, -0.05) is 71.3 Å². The third kappa shape index (κ3) is 12.5. The molecule has 1 fully saturated rings. The van der Waals surface area contributed by atoms with Crippen molar-refractivity contribution in [1.29, 1.82) is 0 Å². The fourth-order valence-corrected chi connectivity index (χ4v) is 13.5. The standard InChI is InChI=1S/C58H79N3O13S.C2H2/c1-12-14-16-18-20-22-42(62)72-50-35(4)51-52(70-33-69-51)45-39-31-68-55(64)58(38-30-40(66-10)41(29-36(38)24-26-59-58)71-56(65)74-57(5,6)7)32-75-54(46(45)50)48-47(60(8)9)44-37(25-27-61(39)48)28-34(3)49(67-11)53(44)73-43(63)23-21-19-17-15-13-2;1-2/h28-30,39,47-48,54,59H,12-27,31-33H2,1-11H3;1-2H/t39?,47?,48?,54?,58-;/m1./s1. The first-order valence-corrected chi connectivity index (χ1v) is 28.5. The van der Waals surface area contributed by atoms with Gasteiger partial charge in [-0.05, 0) is 109 Å². The summed E-state index contributed by atoms with van der Waals surface area (Å²) in [7, 11) is 7.17. The van der Waals surface area contributed by atoms with Crippen LogP contribution in [-0.4, -0.2) is 106 Å². The number of nitrogens with one attached hydrogen (secondary N) is 1. The highest BCUT2D eigenvalue weighted by Crippen LogP contribution is 2.63. The van der Waals surface area contributed by atoms with E-state index in [-0.39, 0.29) is 55.4 Å². The molecule has 5 atom stereocenters. The molecule has 420 valence electrons. The zero-order valence-corrected chi connectivity index (χ0v) is 48.1. The first kappa shape index (κ1) is 59.0. The van der Waals surface area contributed by atoms with Crippen LogP contribution < -0.4 is 38.5 Å². The molecule has 0 radical (unpaired) electrons. The number of rotatable bonds is 18. The summed E-state index contributed by atoms with van der Waals surface area (Å²) in [6.07, 6.45) is 18.5. The molecule has 0 aromatic heterocycles. The monoisotopic (exact) mass is 1080 g/mol. The number of ether oxygens (including phenoxy) is 9. The van der Waals surface area contributed by atoms with Crippen molar-refractivity contribution in [1.82, 2.24) is 15.1 Å². The number of fused-ring (bicyclic) bond motifs is 6. The highest BCUT2D eigenvalue weighted by Gasteiger charge is 2.56. The number of methoxy groups -OCH3 is 2. The minimum Gasteiger partial charge on any atom is -0.493 e. The van der Waals surface area contributed by atoms with E-state index in [0.717, 1.165) is 91.2 Å². The van der Waals surface area contributed by atoms with Crippen LogP contribution in [0.1, 0.15) is 174 Å². The van der Waals surface area contributed by atoms with E-state index in [2.05, 4.69) is 47.9 Å². The number of aryl methyl sites for hydroxylation is 1. The molecule has 16 nitrogen and oxygen atoms in total. The van der Waals surface area contributed by atoms with Gasteiger partial charge >= 0.3 is 24.1 Å². The lowest BCUT2D eigenvalue weighted by Crippen LogP contribution is -2.58. The topological polar surface area (TPSA) is 170 Å². The highest BCUT2D eigenvalue weighted by molar-refractivity contribution is 7.99. The molecule has 6 heterocycles. The van der Waals surface area contributed by atoms with Gasteiger partial charge in [0.2, 0.25) is 6.79 Å². The molecule has 9 rings (SSSR count). The number of likely N-dealkylation sites (N-methyl/N-ethyl adjacent to an activating group) is 1. The molecule has 3 aromatic rings. The second-order valence-corrected chi connectivity index (χ2v) is 22.9. The van der Waals surface area contributed by atoms with Crippen LogP contribution in [0.3, 0.4) is 0 Å². The van der Waals surface area contributed by atoms with Gasteiger partial charge in [-0.3, -0.25) is 19.8 Å². The highest BCUT2D eigenvalue weighted by atomic mass is 32.2. The number of carbonyl (C=O) groups is 4. The van der Waals surface area contributed by atoms with Crippen LogP contribution in [0.2, 0.25) is 0 Å². The van der Waals surface area contributed by atoms with Crippen molar-refractivity contribution in [3.63, 3.8) is 0 Å². The molecule has 1 spiro atoms. The van der Waals surface area contributed by atoms with Gasteiger partial charge < -0.3 is 47.5 Å². The molecule has 3 aromatic carbocycles. The Balaban J connectivity index is 0.00000426. The van der Waals surface area contributed by atoms with Crippen molar-refractivity contribution < 1.29 is 61.8 Å². The van der Waals surface area contributed by atoms with Gasteiger partial charge in [0.05, 0.1) is 31.6 Å². The fourth-order valence-electron chi connectivity index (χ4n) is 11.8. The number of benzene rings is 3. The maximum Gasteiger partial charge on any atom is 0.514 e. The Bertz CT molecular complexity index is 2660. The summed E-state index contributed by atoms with van der Waals surface area (Å²) in [6, 6.07) is 4.14. The van der Waals surface area contributed by atoms with E-state index < -0.39 is 46.6 Å². The first-order valence-electron chi connectivity index (χ1n) is 27.5. The van der Waals surface area contributed by atoms with Crippen LogP contribution >= 0.6 is 11.8 Å². The van der Waals surface area contributed by atoms with Gasteiger partial charge in [0.15, 0.2) is 40.0 Å². The van der Waals surface area contributed by atoms with Gasteiger partial charge in [-0.2, -0.15) is 0 Å². The maximum absolute atomic E-state index is 15.3. The Labute approximate surface area is 460 Å². The summed E-state index contributed by atoms with van der Waals surface area (Å²) in [6.45, 7) is 14.3. The molecule has 0 aliphatic carbocycles. The average Bonchev–Trinajstić information content (AvgIpc) is 4.08. The summed E-state index contributed by atoms with van der Waals surface area (Å²) >= 11 is 1.57. The number of hydrogen-bond donors (Lipinski definition) is 1. The van der Waals surface area contributed by atoms with E-state index >= 15 is 4.79 Å². The van der Waals surface area contributed by atoms with Gasteiger partial charge in [0.25, 0.3) is 0 Å². The zero-order chi connectivity index (χ0) is 55.8. The van der Waals surface area contributed by atoms with E-state index in [1.54, 1.807) is 51.8 Å². The summed E-state index contributed by atoms with van der Waals surface area (Å²) in [4.78, 5) is 61.3. The van der Waals surface area contributed by atoms with Crippen molar-refractivity contribution in [3.8, 4) is 53.1 Å². The Morgan fingerprint density at radius 1 is 0.779 bits per heavy atom. The Morgan fingerprint density at radius 2 is 1.43 bits per heavy atom. The van der Waals surface area contributed by atoms with Crippen LogP contribution in [-0.2, 0) is 42.2 Å². The summed E-state index contributed by atoms with van der Waals surface area (Å²) in [5.41, 5.74) is 4.06. The fraction of sp³-hybridized carbons (Fsp3) is 0.600. The number of unbranched alkanes of at least 4 members (excludes halogenated alkanes) is 8. The van der Waals surface area contributed by atoms with Crippen LogP contribution in [0.4, 0.5) is 4.79 Å². The lowest BCUT2D eigenvalue weighted by atomic mass is 9.80. The van der Waals surface area contributed by atoms with Crippen LogP contribution in [0.5, 0.6) is 40.2 Å². The third-order valence-electron chi connectivity index (χ3n) is 15.2. The van der Waals surface area contributed by atoms with Gasteiger partial charge in [-0.25, -0.2) is 9.59 Å². The second kappa shape index (κ2) is 25.9. The number of thioether (sulfide) groups is 1. The van der Waals surface area contributed by atoms with Crippen molar-refractivity contribution >= 4 is 35.8 Å². The first-order chi connectivity index (χ1) is 37.0. The lowest BCUT2D eigenvalue weighted by molar-refractivity contribution is -0.154. The van der Waals surface area contributed by atoms with E-state index in [9.17, 15) is 14.4 Å². The number of terminal acetylenes is 1. The van der Waals surface area contributed by atoms with Crippen molar-refractivity contribution in [2.75, 3.05) is 60.6 Å². The summed E-state index contributed by atoms with van der Waals surface area (Å²) in [5.74, 6) is 1.77. The summed E-state index contributed by atoms with van der Waals surface area (Å²) < 4.78 is 56.0. The van der Waals surface area contributed by atoms with E-state index in [0.29, 0.717) is 72.2 Å². The predicted octanol–water partition coefficient (Wildman–Crippen LogP) is 11.1. The molecule has 0 saturated carbocycles. The number of esters is 3. The smallest absolute Gasteiger partial charge is 0.493 e. The zero-order valence-electron chi connectivity index (χ0n) is 47.2. The van der Waals surface area contributed by atoms with Crippen molar-refractivity contribution in [2.24, 2.45) is 0 Å². The quantitative estimate of drug-likeness (QED) is 0.0419. The van der Waals surface area contributed by atoms with Crippen LogP contribution in [0.25, 0.3) is 0 Å². The van der Waals surface area contributed by atoms with Gasteiger partial charge in [-0.15, -0.1) is 24.6 Å². The Morgan fingerprint density at radius 3 is 2.05 bits per heavy atom.